The van der Waals surface area contributed by atoms with Crippen molar-refractivity contribution in [2.75, 3.05) is 12.3 Å². The lowest BCUT2D eigenvalue weighted by Crippen LogP contribution is -2.23. The van der Waals surface area contributed by atoms with Crippen LogP contribution in [0.25, 0.3) is 0 Å². The Labute approximate surface area is 118 Å². The van der Waals surface area contributed by atoms with Crippen LogP contribution in [0, 0.1) is 0 Å². The largest absolute Gasteiger partial charge is 0.494 e. The molecule has 3 N–H and O–H groups in total. The molecule has 20 heavy (non-hydrogen) atoms. The Morgan fingerprint density at radius 3 is 2.75 bits per heavy atom. The fourth-order valence-electron chi connectivity index (χ4n) is 1.89. The molecule has 0 spiro atoms. The van der Waals surface area contributed by atoms with Crippen LogP contribution in [0.2, 0.25) is 0 Å². The lowest BCUT2D eigenvalue weighted by Gasteiger charge is -2.09. The zero-order chi connectivity index (χ0) is 14.4. The number of anilines is 1. The standard InChI is InChI=1S/C16H18N2O2/c1-2-20-13-7-5-6-12(10-13)11-18-16(19)14-8-3-4-9-15(14)17/h3-10H,2,11,17H2,1H3,(H,18,19). The van der Waals surface area contributed by atoms with Crippen molar-refractivity contribution in [1.82, 2.24) is 5.32 Å². The molecule has 0 saturated heterocycles. The van der Waals surface area contributed by atoms with Gasteiger partial charge in [0.2, 0.25) is 0 Å². The minimum absolute atomic E-state index is 0.176. The zero-order valence-electron chi connectivity index (χ0n) is 11.4. The second-order valence-corrected chi connectivity index (χ2v) is 4.35. The van der Waals surface area contributed by atoms with Gasteiger partial charge < -0.3 is 15.8 Å². The highest BCUT2D eigenvalue weighted by molar-refractivity contribution is 5.98. The first-order chi connectivity index (χ1) is 9.70. The number of nitrogens with one attached hydrogen (secondary N) is 1. The van der Waals surface area contributed by atoms with Gasteiger partial charge in [-0.1, -0.05) is 24.3 Å². The quantitative estimate of drug-likeness (QED) is 0.821. The summed E-state index contributed by atoms with van der Waals surface area (Å²) in [7, 11) is 0. The smallest absolute Gasteiger partial charge is 0.253 e. The minimum atomic E-state index is -0.176. The number of hydrogen-bond donors (Lipinski definition) is 2. The van der Waals surface area contributed by atoms with E-state index in [-0.39, 0.29) is 5.91 Å². The van der Waals surface area contributed by atoms with E-state index >= 15 is 0 Å². The maximum absolute atomic E-state index is 12.0. The van der Waals surface area contributed by atoms with Crippen molar-refractivity contribution in [3.63, 3.8) is 0 Å². The Hall–Kier alpha value is -2.49. The van der Waals surface area contributed by atoms with Crippen molar-refractivity contribution in [2.45, 2.75) is 13.5 Å². The average molecular weight is 270 g/mol. The Morgan fingerprint density at radius 1 is 1.20 bits per heavy atom. The first-order valence-corrected chi connectivity index (χ1v) is 6.55. The van der Waals surface area contributed by atoms with E-state index in [9.17, 15) is 4.79 Å². The van der Waals surface area contributed by atoms with Crippen molar-refractivity contribution >= 4 is 11.6 Å². The summed E-state index contributed by atoms with van der Waals surface area (Å²) in [5.74, 6) is 0.628. The molecule has 0 aliphatic carbocycles. The summed E-state index contributed by atoms with van der Waals surface area (Å²) in [6, 6.07) is 14.7. The summed E-state index contributed by atoms with van der Waals surface area (Å²) in [4.78, 5) is 12.0. The van der Waals surface area contributed by atoms with Crippen molar-refractivity contribution in [2.24, 2.45) is 0 Å². The monoisotopic (exact) mass is 270 g/mol. The van der Waals surface area contributed by atoms with Crippen LogP contribution in [0.5, 0.6) is 5.75 Å². The van der Waals surface area contributed by atoms with Gasteiger partial charge in [-0.15, -0.1) is 0 Å². The number of nitrogens with two attached hydrogens (primary N) is 1. The zero-order valence-corrected chi connectivity index (χ0v) is 11.4. The Kier molecular flexibility index (Phi) is 4.60. The van der Waals surface area contributed by atoms with Crippen LogP contribution in [0.4, 0.5) is 5.69 Å². The van der Waals surface area contributed by atoms with Crippen LogP contribution >= 0.6 is 0 Å². The number of hydrogen-bond acceptors (Lipinski definition) is 3. The summed E-state index contributed by atoms with van der Waals surface area (Å²) in [5.41, 5.74) is 7.73. The molecule has 0 unspecified atom stereocenters. The number of amides is 1. The van der Waals surface area contributed by atoms with E-state index < -0.39 is 0 Å². The van der Waals surface area contributed by atoms with Gasteiger partial charge in [0.15, 0.2) is 0 Å². The highest BCUT2D eigenvalue weighted by atomic mass is 16.5. The minimum Gasteiger partial charge on any atom is -0.494 e. The van der Waals surface area contributed by atoms with Crippen LogP contribution < -0.4 is 15.8 Å². The third-order valence-corrected chi connectivity index (χ3v) is 2.87. The lowest BCUT2D eigenvalue weighted by molar-refractivity contribution is 0.0951. The fraction of sp³-hybridized carbons (Fsp3) is 0.188. The van der Waals surface area contributed by atoms with Crippen LogP contribution in [-0.4, -0.2) is 12.5 Å². The van der Waals surface area contributed by atoms with Gasteiger partial charge in [0.25, 0.3) is 5.91 Å². The van der Waals surface area contributed by atoms with Gasteiger partial charge >= 0.3 is 0 Å². The van der Waals surface area contributed by atoms with E-state index in [4.69, 9.17) is 10.5 Å². The molecule has 0 aliphatic heterocycles. The van der Waals surface area contributed by atoms with Gasteiger partial charge in [0.05, 0.1) is 12.2 Å². The summed E-state index contributed by atoms with van der Waals surface area (Å²) >= 11 is 0. The predicted molar refractivity (Wildman–Crippen MR) is 79.6 cm³/mol. The van der Waals surface area contributed by atoms with E-state index in [0.29, 0.717) is 24.4 Å². The molecule has 0 aliphatic rings. The number of carbonyl (C=O) groups excluding carboxylic acids is 1. The summed E-state index contributed by atoms with van der Waals surface area (Å²) < 4.78 is 5.42. The van der Waals surface area contributed by atoms with E-state index in [1.54, 1.807) is 24.3 Å². The topological polar surface area (TPSA) is 64.3 Å². The van der Waals surface area contributed by atoms with Crippen molar-refractivity contribution in [3.05, 3.63) is 59.7 Å². The average Bonchev–Trinajstić information content (AvgIpc) is 2.46. The number of para-hydroxylation sites is 1. The highest BCUT2D eigenvalue weighted by Crippen LogP contribution is 2.14. The summed E-state index contributed by atoms with van der Waals surface area (Å²) in [6.07, 6.45) is 0. The second-order valence-electron chi connectivity index (χ2n) is 4.35. The number of ether oxygens (including phenoxy) is 1. The van der Waals surface area contributed by atoms with Crippen LogP contribution in [0.3, 0.4) is 0 Å². The number of carbonyl (C=O) groups is 1. The van der Waals surface area contributed by atoms with Crippen molar-refractivity contribution in [1.29, 1.82) is 0 Å². The molecule has 0 atom stereocenters. The first-order valence-electron chi connectivity index (χ1n) is 6.55. The molecule has 104 valence electrons. The van der Waals surface area contributed by atoms with Crippen molar-refractivity contribution in [3.8, 4) is 5.75 Å². The molecule has 0 saturated carbocycles. The molecule has 0 radical (unpaired) electrons. The molecule has 2 aromatic carbocycles. The molecular formula is C16H18N2O2. The van der Waals surface area contributed by atoms with Gasteiger partial charge in [-0.3, -0.25) is 4.79 Å². The van der Waals surface area contributed by atoms with E-state index in [2.05, 4.69) is 5.32 Å². The molecule has 1 amide bonds. The molecule has 2 aromatic rings. The molecule has 2 rings (SSSR count). The fourth-order valence-corrected chi connectivity index (χ4v) is 1.89. The SMILES string of the molecule is CCOc1cccc(CNC(=O)c2ccccc2N)c1. The number of rotatable bonds is 5. The van der Waals surface area contributed by atoms with Gasteiger partial charge in [0, 0.05) is 12.2 Å². The lowest BCUT2D eigenvalue weighted by atomic mass is 10.1. The molecule has 4 nitrogen and oxygen atoms in total. The van der Waals surface area contributed by atoms with Crippen LogP contribution in [0.1, 0.15) is 22.8 Å². The van der Waals surface area contributed by atoms with Crippen LogP contribution in [0.15, 0.2) is 48.5 Å². The van der Waals surface area contributed by atoms with E-state index in [1.165, 1.54) is 0 Å². The highest BCUT2D eigenvalue weighted by Gasteiger charge is 2.08. The molecular weight excluding hydrogens is 252 g/mol. The van der Waals surface area contributed by atoms with Gasteiger partial charge in [0.1, 0.15) is 5.75 Å². The molecule has 0 aromatic heterocycles. The second kappa shape index (κ2) is 6.61. The summed E-state index contributed by atoms with van der Waals surface area (Å²) in [6.45, 7) is 3.00. The Bertz CT molecular complexity index is 597. The third-order valence-electron chi connectivity index (χ3n) is 2.87. The van der Waals surface area contributed by atoms with Crippen molar-refractivity contribution < 1.29 is 9.53 Å². The van der Waals surface area contributed by atoms with E-state index in [1.807, 2.05) is 31.2 Å². The van der Waals surface area contributed by atoms with E-state index in [0.717, 1.165) is 11.3 Å². The predicted octanol–water partition coefficient (Wildman–Crippen LogP) is 2.60. The maximum Gasteiger partial charge on any atom is 0.253 e. The van der Waals surface area contributed by atoms with Gasteiger partial charge in [-0.2, -0.15) is 0 Å². The maximum atomic E-state index is 12.0. The molecule has 0 fully saturated rings. The molecule has 0 heterocycles. The first kappa shape index (κ1) is 13.9. The third kappa shape index (κ3) is 3.51. The van der Waals surface area contributed by atoms with Crippen LogP contribution in [-0.2, 0) is 6.54 Å². The summed E-state index contributed by atoms with van der Waals surface area (Å²) in [5, 5.41) is 2.85. The van der Waals surface area contributed by atoms with Gasteiger partial charge in [-0.25, -0.2) is 0 Å². The Morgan fingerprint density at radius 2 is 2.00 bits per heavy atom. The number of benzene rings is 2. The van der Waals surface area contributed by atoms with Gasteiger partial charge in [-0.05, 0) is 36.8 Å². The number of nitrogen functional groups attached to an aromatic ring is 1. The normalized spacial score (nSPS) is 10.1. The molecule has 4 heteroatoms. The molecule has 0 bridgehead atoms. The Balaban J connectivity index is 2.00.